The molecule has 0 saturated carbocycles. The normalized spacial score (nSPS) is 12.2. The van der Waals surface area contributed by atoms with Gasteiger partial charge in [0.2, 0.25) is 0 Å². The first kappa shape index (κ1) is 14.4. The standard InChI is InChI=1S/C19H17NO2/c21-18(19(22)15-6-2-1-3-7-15)11-10-14-12-16-8-4-5-9-17(16)20-13-14/h1-9,12-13,18,21H,10-11H2. The van der Waals surface area contributed by atoms with Crippen LogP contribution in [0.25, 0.3) is 10.9 Å². The van der Waals surface area contributed by atoms with Crippen LogP contribution in [0.2, 0.25) is 0 Å². The van der Waals surface area contributed by atoms with Gasteiger partial charge in [0.15, 0.2) is 5.78 Å². The van der Waals surface area contributed by atoms with Gasteiger partial charge >= 0.3 is 0 Å². The summed E-state index contributed by atoms with van der Waals surface area (Å²) in [7, 11) is 0. The molecule has 3 aromatic rings. The second-order valence-corrected chi connectivity index (χ2v) is 5.32. The van der Waals surface area contributed by atoms with Gasteiger partial charge in [-0.15, -0.1) is 0 Å². The number of nitrogens with zero attached hydrogens (tertiary/aromatic N) is 1. The van der Waals surface area contributed by atoms with Gasteiger partial charge in [-0.3, -0.25) is 9.78 Å². The topological polar surface area (TPSA) is 50.2 Å². The maximum atomic E-state index is 12.1. The highest BCUT2D eigenvalue weighted by atomic mass is 16.3. The third kappa shape index (κ3) is 3.21. The number of carbonyl (C=O) groups is 1. The molecule has 0 spiro atoms. The molecular weight excluding hydrogens is 274 g/mol. The number of aromatic nitrogens is 1. The first-order valence-electron chi connectivity index (χ1n) is 7.35. The second kappa shape index (κ2) is 6.50. The van der Waals surface area contributed by atoms with Crippen LogP contribution in [-0.2, 0) is 6.42 Å². The second-order valence-electron chi connectivity index (χ2n) is 5.32. The van der Waals surface area contributed by atoms with Crippen molar-refractivity contribution in [3.05, 3.63) is 78.0 Å². The molecule has 0 aliphatic heterocycles. The van der Waals surface area contributed by atoms with Gasteiger partial charge in [-0.05, 0) is 30.5 Å². The van der Waals surface area contributed by atoms with Gasteiger partial charge in [-0.1, -0.05) is 48.5 Å². The highest BCUT2D eigenvalue weighted by Crippen LogP contribution is 2.15. The van der Waals surface area contributed by atoms with Crippen molar-refractivity contribution < 1.29 is 9.90 Å². The van der Waals surface area contributed by atoms with Crippen LogP contribution < -0.4 is 0 Å². The lowest BCUT2D eigenvalue weighted by molar-refractivity contribution is 0.0731. The van der Waals surface area contributed by atoms with Crippen LogP contribution in [0.5, 0.6) is 0 Å². The summed E-state index contributed by atoms with van der Waals surface area (Å²) < 4.78 is 0. The van der Waals surface area contributed by atoms with Crippen LogP contribution in [0, 0.1) is 0 Å². The average molecular weight is 291 g/mol. The van der Waals surface area contributed by atoms with Gasteiger partial charge in [-0.2, -0.15) is 0 Å². The summed E-state index contributed by atoms with van der Waals surface area (Å²) in [5.41, 5.74) is 2.53. The van der Waals surface area contributed by atoms with Crippen molar-refractivity contribution >= 4 is 16.7 Å². The zero-order valence-electron chi connectivity index (χ0n) is 12.1. The van der Waals surface area contributed by atoms with Gasteiger partial charge in [0.05, 0.1) is 5.52 Å². The molecule has 0 saturated heterocycles. The molecule has 0 aliphatic rings. The van der Waals surface area contributed by atoms with E-state index >= 15 is 0 Å². The Balaban J connectivity index is 1.67. The highest BCUT2D eigenvalue weighted by molar-refractivity contribution is 5.99. The summed E-state index contributed by atoms with van der Waals surface area (Å²) in [6.07, 6.45) is 1.85. The minimum atomic E-state index is -0.978. The molecule has 2 aromatic carbocycles. The van der Waals surface area contributed by atoms with Gasteiger partial charge < -0.3 is 5.11 Å². The smallest absolute Gasteiger partial charge is 0.191 e. The van der Waals surface area contributed by atoms with Crippen molar-refractivity contribution in [2.24, 2.45) is 0 Å². The van der Waals surface area contributed by atoms with Gasteiger partial charge in [0.1, 0.15) is 6.10 Å². The fourth-order valence-electron chi connectivity index (χ4n) is 2.48. The van der Waals surface area contributed by atoms with Crippen molar-refractivity contribution in [3.8, 4) is 0 Å². The van der Waals surface area contributed by atoms with E-state index in [9.17, 15) is 9.90 Å². The first-order chi connectivity index (χ1) is 10.7. The number of ketones is 1. The molecule has 3 nitrogen and oxygen atoms in total. The third-order valence-corrected chi connectivity index (χ3v) is 3.71. The quantitative estimate of drug-likeness (QED) is 0.733. The summed E-state index contributed by atoms with van der Waals surface area (Å²) >= 11 is 0. The Labute approximate surface area is 129 Å². The molecular formula is C19H17NO2. The lowest BCUT2D eigenvalue weighted by Gasteiger charge is -2.10. The van der Waals surface area contributed by atoms with Crippen molar-refractivity contribution in [2.45, 2.75) is 18.9 Å². The fourth-order valence-corrected chi connectivity index (χ4v) is 2.48. The van der Waals surface area contributed by atoms with E-state index in [-0.39, 0.29) is 5.78 Å². The largest absolute Gasteiger partial charge is 0.385 e. The van der Waals surface area contributed by atoms with Crippen molar-refractivity contribution in [1.29, 1.82) is 0 Å². The maximum absolute atomic E-state index is 12.1. The number of aliphatic hydroxyl groups excluding tert-OH is 1. The molecule has 110 valence electrons. The van der Waals surface area contributed by atoms with Crippen LogP contribution in [-0.4, -0.2) is 22.0 Å². The predicted molar refractivity (Wildman–Crippen MR) is 86.8 cm³/mol. The summed E-state index contributed by atoms with van der Waals surface area (Å²) in [5, 5.41) is 11.1. The number of aliphatic hydroxyl groups is 1. The van der Waals surface area contributed by atoms with E-state index in [1.165, 1.54) is 0 Å². The van der Waals surface area contributed by atoms with Gasteiger partial charge in [0, 0.05) is 17.1 Å². The van der Waals surface area contributed by atoms with Crippen LogP contribution in [0.1, 0.15) is 22.3 Å². The Kier molecular flexibility index (Phi) is 4.26. The monoisotopic (exact) mass is 291 g/mol. The predicted octanol–water partition coefficient (Wildman–Crippen LogP) is 3.41. The van der Waals surface area contributed by atoms with E-state index in [0.29, 0.717) is 18.4 Å². The minimum Gasteiger partial charge on any atom is -0.385 e. The van der Waals surface area contributed by atoms with Crippen molar-refractivity contribution in [2.75, 3.05) is 0 Å². The zero-order chi connectivity index (χ0) is 15.4. The molecule has 1 heterocycles. The van der Waals surface area contributed by atoms with Crippen molar-refractivity contribution in [3.63, 3.8) is 0 Å². The number of fused-ring (bicyclic) bond motifs is 1. The number of pyridine rings is 1. The summed E-state index contributed by atoms with van der Waals surface area (Å²) in [6.45, 7) is 0. The number of hydrogen-bond donors (Lipinski definition) is 1. The molecule has 0 fully saturated rings. The third-order valence-electron chi connectivity index (χ3n) is 3.71. The zero-order valence-corrected chi connectivity index (χ0v) is 12.1. The van der Waals surface area contributed by atoms with E-state index in [1.807, 2.05) is 36.5 Å². The molecule has 1 aromatic heterocycles. The lowest BCUT2D eigenvalue weighted by Crippen LogP contribution is -2.21. The van der Waals surface area contributed by atoms with Crippen LogP contribution in [0.4, 0.5) is 0 Å². The van der Waals surface area contributed by atoms with Crippen molar-refractivity contribution in [1.82, 2.24) is 4.98 Å². The number of aryl methyl sites for hydroxylation is 1. The number of carbonyl (C=O) groups excluding carboxylic acids is 1. The molecule has 3 rings (SSSR count). The number of rotatable bonds is 5. The number of Topliss-reactive ketones (excluding diaryl/α,β-unsaturated/α-hetero) is 1. The van der Waals surface area contributed by atoms with Crippen LogP contribution in [0.15, 0.2) is 66.9 Å². The summed E-state index contributed by atoms with van der Waals surface area (Å²) in [5.74, 6) is -0.227. The molecule has 1 atom stereocenters. The highest BCUT2D eigenvalue weighted by Gasteiger charge is 2.16. The summed E-state index contributed by atoms with van der Waals surface area (Å²) in [4.78, 5) is 16.5. The van der Waals surface area contributed by atoms with E-state index < -0.39 is 6.10 Å². The number of hydrogen-bond acceptors (Lipinski definition) is 3. The number of benzene rings is 2. The fraction of sp³-hybridized carbons (Fsp3) is 0.158. The SMILES string of the molecule is O=C(c1ccccc1)C(O)CCc1cnc2ccccc2c1. The van der Waals surface area contributed by atoms with Gasteiger partial charge in [0.25, 0.3) is 0 Å². The first-order valence-corrected chi connectivity index (χ1v) is 7.35. The average Bonchev–Trinajstić information content (AvgIpc) is 2.59. The molecule has 0 radical (unpaired) electrons. The molecule has 1 N–H and O–H groups in total. The van der Waals surface area contributed by atoms with Crippen LogP contribution >= 0.6 is 0 Å². The molecule has 0 bridgehead atoms. The van der Waals surface area contributed by atoms with Crippen LogP contribution in [0.3, 0.4) is 0 Å². The summed E-state index contributed by atoms with van der Waals surface area (Å²) in [6, 6.07) is 18.9. The molecule has 0 aliphatic carbocycles. The molecule has 0 amide bonds. The van der Waals surface area contributed by atoms with Gasteiger partial charge in [-0.25, -0.2) is 0 Å². The maximum Gasteiger partial charge on any atom is 0.191 e. The molecule has 1 unspecified atom stereocenters. The Morgan fingerprint density at radius 3 is 2.59 bits per heavy atom. The van der Waals surface area contributed by atoms with E-state index in [0.717, 1.165) is 16.5 Å². The Morgan fingerprint density at radius 2 is 1.77 bits per heavy atom. The Morgan fingerprint density at radius 1 is 1.05 bits per heavy atom. The van der Waals surface area contributed by atoms with E-state index in [2.05, 4.69) is 11.1 Å². The van der Waals surface area contributed by atoms with E-state index in [1.54, 1.807) is 24.3 Å². The Hall–Kier alpha value is -2.52. The number of para-hydroxylation sites is 1. The Bertz CT molecular complexity index is 784. The lowest BCUT2D eigenvalue weighted by atomic mass is 10.00. The minimum absolute atomic E-state index is 0.227. The molecule has 3 heteroatoms. The van der Waals surface area contributed by atoms with E-state index in [4.69, 9.17) is 0 Å². The molecule has 22 heavy (non-hydrogen) atoms.